The number of rotatable bonds is 13. The van der Waals surface area contributed by atoms with Crippen LogP contribution in [0.2, 0.25) is 0 Å². The Bertz CT molecular complexity index is 1640. The van der Waals surface area contributed by atoms with Gasteiger partial charge in [-0.2, -0.15) is 0 Å². The van der Waals surface area contributed by atoms with Gasteiger partial charge in [-0.25, -0.2) is 4.79 Å². The standard InChI is InChI=1S/C42H49N3O4/c1-3-25-45(37-14-8-9-15-37)28-39-30(2)40(34-19-17-32(29-46)18-20-34)49-41(48-39)35-23-21-33(22-24-35)38-16-10-7-13-36(38)27-44-42(47)43-26-31-11-5-4-6-12-31/h3-7,10-13,16-24,30,37,39-41,46H,1,8-9,14-15,25-29H2,2H3,(H2,43,44,47)/t30-,39+,40+,41+/m0/s1. The Morgan fingerprint density at radius 3 is 2.22 bits per heavy atom. The summed E-state index contributed by atoms with van der Waals surface area (Å²) in [5.74, 6) is 0.119. The number of aliphatic hydroxyl groups is 1. The van der Waals surface area contributed by atoms with E-state index in [1.807, 2.05) is 66.7 Å². The summed E-state index contributed by atoms with van der Waals surface area (Å²) in [6.07, 6.45) is 6.27. The maximum atomic E-state index is 12.6. The molecule has 4 aromatic rings. The normalized spacial score (nSPS) is 21.0. The van der Waals surface area contributed by atoms with E-state index in [1.54, 1.807) is 0 Å². The minimum Gasteiger partial charge on any atom is -0.392 e. The maximum absolute atomic E-state index is 12.6. The van der Waals surface area contributed by atoms with Crippen molar-refractivity contribution in [2.75, 3.05) is 13.1 Å². The van der Waals surface area contributed by atoms with Crippen LogP contribution in [0.3, 0.4) is 0 Å². The van der Waals surface area contributed by atoms with Crippen molar-refractivity contribution in [3.05, 3.63) is 144 Å². The highest BCUT2D eigenvalue weighted by atomic mass is 16.7. The van der Waals surface area contributed by atoms with Crippen LogP contribution < -0.4 is 10.6 Å². The van der Waals surface area contributed by atoms with Gasteiger partial charge in [-0.3, -0.25) is 4.90 Å². The van der Waals surface area contributed by atoms with Crippen LogP contribution >= 0.6 is 0 Å². The molecule has 1 aliphatic carbocycles. The Balaban J connectivity index is 1.18. The molecule has 2 aliphatic rings. The fourth-order valence-corrected chi connectivity index (χ4v) is 7.16. The number of ether oxygens (including phenoxy) is 2. The fraction of sp³-hybridized carbons (Fsp3) is 0.357. The lowest BCUT2D eigenvalue weighted by atomic mass is 9.89. The first-order chi connectivity index (χ1) is 24.0. The third-order valence-corrected chi connectivity index (χ3v) is 9.99. The Labute approximate surface area is 291 Å². The zero-order valence-corrected chi connectivity index (χ0v) is 28.5. The molecule has 6 rings (SSSR count). The molecular weight excluding hydrogens is 610 g/mol. The highest BCUT2D eigenvalue weighted by Crippen LogP contribution is 2.42. The average Bonchev–Trinajstić information content (AvgIpc) is 3.70. The zero-order chi connectivity index (χ0) is 34.0. The highest BCUT2D eigenvalue weighted by molar-refractivity contribution is 5.75. The largest absolute Gasteiger partial charge is 0.392 e. The molecule has 2 fully saturated rings. The van der Waals surface area contributed by atoms with E-state index in [-0.39, 0.29) is 30.8 Å². The Hall–Kier alpha value is -4.27. The summed E-state index contributed by atoms with van der Waals surface area (Å²) in [5.41, 5.74) is 7.14. The van der Waals surface area contributed by atoms with E-state index in [0.29, 0.717) is 19.1 Å². The highest BCUT2D eigenvalue weighted by Gasteiger charge is 2.40. The number of benzene rings is 4. The van der Waals surface area contributed by atoms with E-state index < -0.39 is 6.29 Å². The van der Waals surface area contributed by atoms with Gasteiger partial charge in [0.1, 0.15) is 0 Å². The zero-order valence-electron chi connectivity index (χ0n) is 28.5. The van der Waals surface area contributed by atoms with Gasteiger partial charge in [0.2, 0.25) is 0 Å². The number of carbonyl (C=O) groups is 1. The molecule has 1 saturated carbocycles. The molecule has 0 unspecified atom stereocenters. The van der Waals surface area contributed by atoms with Gasteiger partial charge < -0.3 is 25.2 Å². The fourth-order valence-electron chi connectivity index (χ4n) is 7.16. The summed E-state index contributed by atoms with van der Waals surface area (Å²) in [6.45, 7) is 8.84. The second-order valence-corrected chi connectivity index (χ2v) is 13.3. The van der Waals surface area contributed by atoms with Crippen molar-refractivity contribution in [3.63, 3.8) is 0 Å². The molecule has 2 amide bonds. The van der Waals surface area contributed by atoms with E-state index in [4.69, 9.17) is 9.47 Å². The van der Waals surface area contributed by atoms with E-state index in [9.17, 15) is 9.90 Å². The van der Waals surface area contributed by atoms with Crippen LogP contribution in [0.25, 0.3) is 11.1 Å². The van der Waals surface area contributed by atoms with E-state index >= 15 is 0 Å². The van der Waals surface area contributed by atoms with Crippen molar-refractivity contribution < 1.29 is 19.4 Å². The number of urea groups is 1. The van der Waals surface area contributed by atoms with Crippen LogP contribution in [-0.2, 0) is 29.2 Å². The molecular formula is C42H49N3O4. The topological polar surface area (TPSA) is 83.1 Å². The molecule has 0 aromatic heterocycles. The van der Waals surface area contributed by atoms with E-state index in [0.717, 1.165) is 52.0 Å². The summed E-state index contributed by atoms with van der Waals surface area (Å²) < 4.78 is 13.6. The lowest BCUT2D eigenvalue weighted by Crippen LogP contribution is -2.47. The van der Waals surface area contributed by atoms with Crippen LogP contribution in [-0.4, -0.2) is 41.3 Å². The molecule has 0 bridgehead atoms. The van der Waals surface area contributed by atoms with E-state index in [2.05, 4.69) is 71.5 Å². The maximum Gasteiger partial charge on any atom is 0.315 e. The molecule has 4 aromatic carbocycles. The second kappa shape index (κ2) is 16.9. The first-order valence-corrected chi connectivity index (χ1v) is 17.6. The second-order valence-electron chi connectivity index (χ2n) is 13.3. The van der Waals surface area contributed by atoms with Crippen LogP contribution in [0, 0.1) is 5.92 Å². The SMILES string of the molecule is C=CCN(C[C@H]1O[C@@H](c2ccc(-c3ccccc3CNC(=O)NCc3ccccc3)cc2)O[C@@H](c2ccc(CO)cc2)[C@H]1C)C1CCCC1. The summed E-state index contributed by atoms with van der Waals surface area (Å²) >= 11 is 0. The molecule has 0 spiro atoms. The van der Waals surface area contributed by atoms with Crippen molar-refractivity contribution in [2.24, 2.45) is 5.92 Å². The smallest absolute Gasteiger partial charge is 0.315 e. The van der Waals surface area contributed by atoms with Gasteiger partial charge in [0.25, 0.3) is 0 Å². The lowest BCUT2D eigenvalue weighted by Gasteiger charge is -2.43. The van der Waals surface area contributed by atoms with Gasteiger partial charge in [-0.15, -0.1) is 6.58 Å². The van der Waals surface area contributed by atoms with Crippen molar-refractivity contribution in [2.45, 2.75) is 76.8 Å². The molecule has 256 valence electrons. The van der Waals surface area contributed by atoms with Gasteiger partial charge >= 0.3 is 6.03 Å². The summed E-state index contributed by atoms with van der Waals surface area (Å²) in [4.78, 5) is 15.1. The third kappa shape index (κ3) is 8.86. The quantitative estimate of drug-likeness (QED) is 0.127. The third-order valence-electron chi connectivity index (χ3n) is 9.99. The summed E-state index contributed by atoms with van der Waals surface area (Å²) in [6, 6.07) is 34.9. The van der Waals surface area contributed by atoms with Crippen molar-refractivity contribution >= 4 is 6.03 Å². The van der Waals surface area contributed by atoms with Crippen molar-refractivity contribution in [1.82, 2.24) is 15.5 Å². The number of nitrogens with zero attached hydrogens (tertiary/aromatic N) is 1. The Morgan fingerprint density at radius 1 is 0.837 bits per heavy atom. The molecule has 0 radical (unpaired) electrons. The molecule has 49 heavy (non-hydrogen) atoms. The number of hydrogen-bond donors (Lipinski definition) is 3. The number of amides is 2. The van der Waals surface area contributed by atoms with Gasteiger partial charge in [0, 0.05) is 43.7 Å². The predicted molar refractivity (Wildman–Crippen MR) is 194 cm³/mol. The van der Waals surface area contributed by atoms with Gasteiger partial charge in [-0.1, -0.05) is 129 Å². The van der Waals surface area contributed by atoms with E-state index in [1.165, 1.54) is 25.7 Å². The number of nitrogens with one attached hydrogen (secondary N) is 2. The van der Waals surface area contributed by atoms with Gasteiger partial charge in [-0.05, 0) is 46.2 Å². The van der Waals surface area contributed by atoms with Crippen molar-refractivity contribution in [3.8, 4) is 11.1 Å². The molecule has 1 aliphatic heterocycles. The number of carbonyl (C=O) groups excluding carboxylic acids is 1. The summed E-state index contributed by atoms with van der Waals surface area (Å²) in [7, 11) is 0. The van der Waals surface area contributed by atoms with Crippen LogP contribution in [0.1, 0.15) is 72.8 Å². The van der Waals surface area contributed by atoms with Crippen molar-refractivity contribution in [1.29, 1.82) is 0 Å². The predicted octanol–water partition coefficient (Wildman–Crippen LogP) is 8.07. The van der Waals surface area contributed by atoms with Crippen LogP contribution in [0.15, 0.2) is 116 Å². The first kappa shape index (κ1) is 34.6. The molecule has 1 saturated heterocycles. The molecule has 7 nitrogen and oxygen atoms in total. The number of aliphatic hydroxyl groups excluding tert-OH is 1. The first-order valence-electron chi connectivity index (χ1n) is 17.6. The Kier molecular flexibility index (Phi) is 11.9. The number of hydrogen-bond acceptors (Lipinski definition) is 5. The monoisotopic (exact) mass is 659 g/mol. The minimum absolute atomic E-state index is 0.0145. The minimum atomic E-state index is -0.530. The molecule has 4 atom stereocenters. The molecule has 7 heteroatoms. The van der Waals surface area contributed by atoms with Crippen LogP contribution in [0.4, 0.5) is 4.79 Å². The van der Waals surface area contributed by atoms with Gasteiger partial charge in [0.05, 0.1) is 18.8 Å². The average molecular weight is 660 g/mol. The van der Waals surface area contributed by atoms with Gasteiger partial charge in [0.15, 0.2) is 6.29 Å². The Morgan fingerprint density at radius 2 is 1.51 bits per heavy atom. The van der Waals surface area contributed by atoms with Crippen LogP contribution in [0.5, 0.6) is 0 Å². The lowest BCUT2D eigenvalue weighted by molar-refractivity contribution is -0.276. The summed E-state index contributed by atoms with van der Waals surface area (Å²) in [5, 5.41) is 15.6. The molecule has 1 heterocycles. The molecule has 3 N–H and O–H groups in total.